The van der Waals surface area contributed by atoms with Crippen LogP contribution in [-0.2, 0) is 16.1 Å². The summed E-state index contributed by atoms with van der Waals surface area (Å²) >= 11 is 0. The number of carbonyl (C=O) groups excluding carboxylic acids is 1. The van der Waals surface area contributed by atoms with E-state index in [-0.39, 0.29) is 17.2 Å². The number of ether oxygens (including phenoxy) is 1. The minimum Gasteiger partial charge on any atom is -0.383 e. The van der Waals surface area contributed by atoms with Gasteiger partial charge in [-0.2, -0.15) is 5.10 Å². The van der Waals surface area contributed by atoms with Gasteiger partial charge in [0.15, 0.2) is 0 Å². The summed E-state index contributed by atoms with van der Waals surface area (Å²) in [5, 5.41) is 7.45. The smallest absolute Gasteiger partial charge is 0.224 e. The van der Waals surface area contributed by atoms with E-state index in [1.807, 2.05) is 23.1 Å². The van der Waals surface area contributed by atoms with Crippen molar-refractivity contribution in [1.82, 2.24) is 20.0 Å². The van der Waals surface area contributed by atoms with Crippen LogP contribution in [0, 0.1) is 11.3 Å². The highest BCUT2D eigenvalue weighted by Crippen LogP contribution is 2.46. The first-order chi connectivity index (χ1) is 10.7. The van der Waals surface area contributed by atoms with Crippen molar-refractivity contribution in [2.45, 2.75) is 25.8 Å². The van der Waals surface area contributed by atoms with Crippen LogP contribution in [0.15, 0.2) is 18.5 Å². The molecule has 0 aromatic carbocycles. The number of methoxy groups -OCH3 is 1. The molecule has 1 atom stereocenters. The molecule has 0 radical (unpaired) electrons. The van der Waals surface area contributed by atoms with Gasteiger partial charge in [0.1, 0.15) is 0 Å². The molecule has 122 valence electrons. The molecule has 1 aliphatic heterocycles. The second kappa shape index (κ2) is 6.79. The average Bonchev–Trinajstić information content (AvgIpc) is 2.94. The molecule has 6 heteroatoms. The highest BCUT2D eigenvalue weighted by Gasteiger charge is 2.43. The highest BCUT2D eigenvalue weighted by molar-refractivity contribution is 5.79. The van der Waals surface area contributed by atoms with E-state index >= 15 is 0 Å². The van der Waals surface area contributed by atoms with Gasteiger partial charge in [-0.25, -0.2) is 0 Å². The summed E-state index contributed by atoms with van der Waals surface area (Å²) in [6.45, 7) is 5.21. The lowest BCUT2D eigenvalue weighted by Gasteiger charge is -2.18. The number of rotatable bonds is 8. The van der Waals surface area contributed by atoms with E-state index < -0.39 is 0 Å². The molecule has 0 bridgehead atoms. The van der Waals surface area contributed by atoms with Crippen LogP contribution < -0.4 is 5.32 Å². The maximum atomic E-state index is 12.4. The summed E-state index contributed by atoms with van der Waals surface area (Å²) in [6.07, 6.45) is 7.12. The Morgan fingerprint density at radius 3 is 3.05 bits per heavy atom. The van der Waals surface area contributed by atoms with E-state index in [9.17, 15) is 4.79 Å². The van der Waals surface area contributed by atoms with Gasteiger partial charge in [0.05, 0.1) is 12.5 Å². The zero-order valence-corrected chi connectivity index (χ0v) is 13.3. The zero-order valence-electron chi connectivity index (χ0n) is 13.3. The Labute approximate surface area is 131 Å². The molecule has 2 fully saturated rings. The molecule has 1 N–H and O–H groups in total. The first-order valence-electron chi connectivity index (χ1n) is 8.17. The molecular weight excluding hydrogens is 280 g/mol. The third-order valence-electron chi connectivity index (χ3n) is 4.91. The Hall–Kier alpha value is -1.40. The summed E-state index contributed by atoms with van der Waals surface area (Å²) in [5.41, 5.74) is 0.232. The van der Waals surface area contributed by atoms with Crippen LogP contribution in [0.1, 0.15) is 19.3 Å². The van der Waals surface area contributed by atoms with Crippen molar-refractivity contribution >= 4 is 5.91 Å². The van der Waals surface area contributed by atoms with Gasteiger partial charge in [-0.05, 0) is 31.9 Å². The third-order valence-corrected chi connectivity index (χ3v) is 4.91. The molecule has 1 aromatic rings. The van der Waals surface area contributed by atoms with Crippen LogP contribution in [0.5, 0.6) is 0 Å². The van der Waals surface area contributed by atoms with E-state index in [1.54, 1.807) is 7.11 Å². The minimum atomic E-state index is 0.136. The van der Waals surface area contributed by atoms with E-state index in [0.717, 1.165) is 45.8 Å². The van der Waals surface area contributed by atoms with E-state index in [0.29, 0.717) is 0 Å². The lowest BCUT2D eigenvalue weighted by molar-refractivity contribution is -0.124. The predicted octanol–water partition coefficient (Wildman–Crippen LogP) is 0.748. The first-order valence-corrected chi connectivity index (χ1v) is 8.17. The molecule has 3 rings (SSSR count). The lowest BCUT2D eigenvalue weighted by Crippen LogP contribution is -2.37. The van der Waals surface area contributed by atoms with E-state index in [2.05, 4.69) is 15.3 Å². The fourth-order valence-electron chi connectivity index (χ4n) is 3.19. The number of amides is 1. The lowest BCUT2D eigenvalue weighted by atomic mass is 10.1. The summed E-state index contributed by atoms with van der Waals surface area (Å²) in [7, 11) is 1.72. The summed E-state index contributed by atoms with van der Waals surface area (Å²) in [6, 6.07) is 1.95. The molecule has 1 saturated carbocycles. The summed E-state index contributed by atoms with van der Waals surface area (Å²) < 4.78 is 7.07. The molecule has 2 aliphatic rings. The number of nitrogens with one attached hydrogen (secondary N) is 1. The van der Waals surface area contributed by atoms with E-state index in [1.165, 1.54) is 12.8 Å². The normalized spacial score (nSPS) is 23.6. The molecule has 1 aliphatic carbocycles. The molecule has 2 heterocycles. The quantitative estimate of drug-likeness (QED) is 0.770. The van der Waals surface area contributed by atoms with Crippen molar-refractivity contribution in [3.8, 4) is 0 Å². The number of carbonyl (C=O) groups is 1. The van der Waals surface area contributed by atoms with Crippen molar-refractivity contribution in [2.75, 3.05) is 39.9 Å². The topological polar surface area (TPSA) is 59.4 Å². The Balaban J connectivity index is 1.41. The number of nitrogens with zero attached hydrogens (tertiary/aromatic N) is 3. The zero-order chi connectivity index (χ0) is 15.4. The average molecular weight is 306 g/mol. The number of hydrogen-bond acceptors (Lipinski definition) is 4. The van der Waals surface area contributed by atoms with Gasteiger partial charge in [0, 0.05) is 51.1 Å². The van der Waals surface area contributed by atoms with E-state index in [4.69, 9.17) is 4.74 Å². The molecule has 0 spiro atoms. The van der Waals surface area contributed by atoms with Crippen LogP contribution in [0.2, 0.25) is 0 Å². The summed E-state index contributed by atoms with van der Waals surface area (Å²) in [5.74, 6) is 0.351. The second-order valence-corrected chi connectivity index (χ2v) is 6.70. The minimum absolute atomic E-state index is 0.136. The maximum absolute atomic E-state index is 12.4. The van der Waals surface area contributed by atoms with Crippen molar-refractivity contribution < 1.29 is 9.53 Å². The maximum Gasteiger partial charge on any atom is 0.224 e. The van der Waals surface area contributed by atoms with Crippen molar-refractivity contribution in [3.63, 3.8) is 0 Å². The molecule has 1 saturated heterocycles. The van der Waals surface area contributed by atoms with Gasteiger partial charge in [-0.3, -0.25) is 9.48 Å². The highest BCUT2D eigenvalue weighted by atomic mass is 16.5. The van der Waals surface area contributed by atoms with Crippen molar-refractivity contribution in [3.05, 3.63) is 18.5 Å². The molecule has 22 heavy (non-hydrogen) atoms. The third kappa shape index (κ3) is 3.87. The summed E-state index contributed by atoms with van der Waals surface area (Å²) in [4.78, 5) is 14.7. The van der Waals surface area contributed by atoms with Crippen LogP contribution in [-0.4, -0.2) is 60.5 Å². The largest absolute Gasteiger partial charge is 0.383 e. The van der Waals surface area contributed by atoms with Gasteiger partial charge in [-0.15, -0.1) is 0 Å². The van der Waals surface area contributed by atoms with Crippen molar-refractivity contribution in [2.24, 2.45) is 11.3 Å². The van der Waals surface area contributed by atoms with Crippen molar-refractivity contribution in [1.29, 1.82) is 0 Å². The predicted molar refractivity (Wildman–Crippen MR) is 83.3 cm³/mol. The number of hydrogen-bond donors (Lipinski definition) is 1. The fourth-order valence-corrected chi connectivity index (χ4v) is 3.19. The van der Waals surface area contributed by atoms with Gasteiger partial charge in [0.25, 0.3) is 0 Å². The van der Waals surface area contributed by atoms with Crippen LogP contribution in [0.4, 0.5) is 0 Å². The molecule has 0 unspecified atom stereocenters. The van der Waals surface area contributed by atoms with Crippen LogP contribution in [0.3, 0.4) is 0 Å². The molecule has 1 aromatic heterocycles. The van der Waals surface area contributed by atoms with Crippen LogP contribution >= 0.6 is 0 Å². The number of likely N-dealkylation sites (tertiary alicyclic amines) is 1. The monoisotopic (exact) mass is 306 g/mol. The molecule has 6 nitrogen and oxygen atoms in total. The number of aromatic nitrogens is 2. The van der Waals surface area contributed by atoms with Gasteiger partial charge in [-0.1, -0.05) is 0 Å². The molecule has 1 amide bonds. The Kier molecular flexibility index (Phi) is 4.78. The van der Waals surface area contributed by atoms with Gasteiger partial charge < -0.3 is 15.0 Å². The standard InChI is InChI=1S/C16H26N4O2/c1-22-10-9-19-8-3-14(11-19)15(21)17-12-16(4-5-16)13-20-7-2-6-18-20/h2,6-7,14H,3-5,8-13H2,1H3,(H,17,21)/t14-/m0/s1. The Morgan fingerprint density at radius 1 is 1.50 bits per heavy atom. The molecular formula is C16H26N4O2. The van der Waals surface area contributed by atoms with Gasteiger partial charge >= 0.3 is 0 Å². The Bertz CT molecular complexity index is 484. The SMILES string of the molecule is COCCN1CC[C@H](C(=O)NCC2(Cn3cccn3)CC2)C1. The first kappa shape index (κ1) is 15.5. The Morgan fingerprint density at radius 2 is 2.36 bits per heavy atom. The van der Waals surface area contributed by atoms with Gasteiger partial charge in [0.2, 0.25) is 5.91 Å². The fraction of sp³-hybridized carbons (Fsp3) is 0.750. The second-order valence-electron chi connectivity index (χ2n) is 6.70. The van der Waals surface area contributed by atoms with Crippen LogP contribution in [0.25, 0.3) is 0 Å².